The van der Waals surface area contributed by atoms with Gasteiger partial charge in [0.1, 0.15) is 5.69 Å². The predicted octanol–water partition coefficient (Wildman–Crippen LogP) is 2.40. The van der Waals surface area contributed by atoms with Crippen LogP contribution in [-0.2, 0) is 11.2 Å². The van der Waals surface area contributed by atoms with Gasteiger partial charge in [-0.3, -0.25) is 14.6 Å². The van der Waals surface area contributed by atoms with Gasteiger partial charge in [0.2, 0.25) is 11.9 Å². The fraction of sp³-hybridized carbons (Fsp3) is 0.545. The van der Waals surface area contributed by atoms with Crippen molar-refractivity contribution in [3.63, 3.8) is 0 Å². The quantitative estimate of drug-likeness (QED) is 0.735. The molecule has 7 heteroatoms. The fourth-order valence-corrected chi connectivity index (χ4v) is 4.36. The van der Waals surface area contributed by atoms with Gasteiger partial charge in [-0.15, -0.1) is 0 Å². The van der Waals surface area contributed by atoms with Gasteiger partial charge >= 0.3 is 12.0 Å². The van der Waals surface area contributed by atoms with E-state index < -0.39 is 6.04 Å². The van der Waals surface area contributed by atoms with Gasteiger partial charge in [0.25, 0.3) is 5.91 Å². The average molecular weight is 397 g/mol. The van der Waals surface area contributed by atoms with Crippen molar-refractivity contribution in [2.45, 2.75) is 40.2 Å². The van der Waals surface area contributed by atoms with E-state index in [4.69, 9.17) is 4.99 Å². The van der Waals surface area contributed by atoms with E-state index in [0.29, 0.717) is 18.3 Å². The highest BCUT2D eigenvalue weighted by atomic mass is 16.2. The predicted molar refractivity (Wildman–Crippen MR) is 113 cm³/mol. The molecule has 7 nitrogen and oxygen atoms in total. The first-order valence-electron chi connectivity index (χ1n) is 10.5. The second-order valence-corrected chi connectivity index (χ2v) is 8.74. The number of anilines is 1. The fourth-order valence-electron chi connectivity index (χ4n) is 4.36. The van der Waals surface area contributed by atoms with Crippen LogP contribution in [0.3, 0.4) is 0 Å². The zero-order chi connectivity index (χ0) is 20.9. The van der Waals surface area contributed by atoms with Crippen molar-refractivity contribution in [1.82, 2.24) is 9.80 Å². The minimum absolute atomic E-state index is 0.161. The number of nitrogens with zero attached hydrogens (tertiary/aromatic N) is 5. The summed E-state index contributed by atoms with van der Waals surface area (Å²) in [7, 11) is 1.72. The zero-order valence-electron chi connectivity index (χ0n) is 17.9. The summed E-state index contributed by atoms with van der Waals surface area (Å²) in [6.45, 7) is 10.4. The minimum Gasteiger partial charge on any atom is -0.270 e. The number of guanidine groups is 1. The second-order valence-electron chi connectivity index (χ2n) is 8.74. The molecule has 0 aromatic heterocycles. The van der Waals surface area contributed by atoms with Gasteiger partial charge in [-0.2, -0.15) is 0 Å². The standard InChI is InChI=1S/C22H30N5O2/c1-6-16-7-9-17(10-8-16)25-12-15(4)13-26-18-19(23-21(25)26)24(5)22(29)27(20(18)28)11-14(2)3/h7-10,14-15,18H,6,11-13H2,1-5H3/q+1. The molecule has 0 saturated carbocycles. The Bertz CT molecular complexity index is 902. The summed E-state index contributed by atoms with van der Waals surface area (Å²) >= 11 is 0. The summed E-state index contributed by atoms with van der Waals surface area (Å²) in [5, 5.41) is 0. The summed E-state index contributed by atoms with van der Waals surface area (Å²) in [5.74, 6) is 1.74. The zero-order valence-corrected chi connectivity index (χ0v) is 17.9. The van der Waals surface area contributed by atoms with Gasteiger partial charge in [-0.1, -0.05) is 44.8 Å². The third-order valence-corrected chi connectivity index (χ3v) is 5.84. The van der Waals surface area contributed by atoms with Crippen molar-refractivity contribution in [2.75, 3.05) is 31.6 Å². The molecule has 1 aromatic rings. The van der Waals surface area contributed by atoms with Crippen LogP contribution < -0.4 is 4.90 Å². The first-order chi connectivity index (χ1) is 13.8. The smallest absolute Gasteiger partial charge is 0.270 e. The highest BCUT2D eigenvalue weighted by molar-refractivity contribution is 6.24. The van der Waals surface area contributed by atoms with Crippen molar-refractivity contribution in [3.8, 4) is 0 Å². The first-order valence-corrected chi connectivity index (χ1v) is 10.5. The molecule has 4 rings (SSSR count). The summed E-state index contributed by atoms with van der Waals surface area (Å²) in [6.07, 6.45) is 0.997. The van der Waals surface area contributed by atoms with E-state index in [1.165, 1.54) is 10.5 Å². The van der Waals surface area contributed by atoms with Crippen molar-refractivity contribution in [3.05, 3.63) is 29.8 Å². The Hall–Kier alpha value is -2.70. The normalized spacial score (nSPS) is 24.3. The molecule has 3 aliphatic heterocycles. The topological polar surface area (TPSA) is 59.2 Å². The maximum atomic E-state index is 13.3. The van der Waals surface area contributed by atoms with Gasteiger partial charge in [0.05, 0.1) is 13.1 Å². The van der Waals surface area contributed by atoms with Crippen molar-refractivity contribution in [2.24, 2.45) is 16.8 Å². The minimum atomic E-state index is -0.522. The van der Waals surface area contributed by atoms with Crippen molar-refractivity contribution >= 4 is 29.4 Å². The highest BCUT2D eigenvalue weighted by Gasteiger charge is 2.55. The van der Waals surface area contributed by atoms with E-state index in [0.717, 1.165) is 31.2 Å². The van der Waals surface area contributed by atoms with Gasteiger partial charge in [0.15, 0.2) is 0 Å². The summed E-state index contributed by atoms with van der Waals surface area (Å²) in [4.78, 5) is 36.0. The van der Waals surface area contributed by atoms with Gasteiger partial charge in [0, 0.05) is 19.5 Å². The maximum Gasteiger partial charge on any atom is 0.397 e. The number of hydrogen-bond acceptors (Lipinski definition) is 4. The number of imide groups is 1. The molecule has 1 aromatic carbocycles. The van der Waals surface area contributed by atoms with Crippen LogP contribution >= 0.6 is 0 Å². The molecule has 29 heavy (non-hydrogen) atoms. The van der Waals surface area contributed by atoms with Crippen LogP contribution in [0.1, 0.15) is 33.3 Å². The van der Waals surface area contributed by atoms with Gasteiger partial charge in [-0.25, -0.2) is 14.3 Å². The second kappa shape index (κ2) is 7.28. The third kappa shape index (κ3) is 3.22. The monoisotopic (exact) mass is 396 g/mol. The lowest BCUT2D eigenvalue weighted by Crippen LogP contribution is -2.64. The van der Waals surface area contributed by atoms with Crippen LogP contribution in [0.15, 0.2) is 29.3 Å². The summed E-state index contributed by atoms with van der Waals surface area (Å²) < 4.78 is 2.08. The number of amidine groups is 1. The molecule has 1 fully saturated rings. The molecule has 2 unspecified atom stereocenters. The van der Waals surface area contributed by atoms with Gasteiger partial charge < -0.3 is 0 Å². The molecule has 3 heterocycles. The Labute approximate surface area is 172 Å². The third-order valence-electron chi connectivity index (χ3n) is 5.84. The van der Waals surface area contributed by atoms with Gasteiger partial charge in [-0.05, 0) is 30.0 Å². The SMILES string of the molecule is CCc1ccc(N2CC(C)C[N+]3=C2N=C2C3C(=O)N(CC(C)C)C(=O)N2C)cc1. The number of aliphatic imine (C=N–C) groups is 1. The molecule has 154 valence electrons. The maximum absolute atomic E-state index is 13.3. The van der Waals surface area contributed by atoms with E-state index in [-0.39, 0.29) is 17.9 Å². The molecular weight excluding hydrogens is 366 g/mol. The van der Waals surface area contributed by atoms with Crippen molar-refractivity contribution in [1.29, 1.82) is 0 Å². The van der Waals surface area contributed by atoms with Crippen LogP contribution in [0.2, 0.25) is 0 Å². The lowest BCUT2D eigenvalue weighted by Gasteiger charge is -2.36. The van der Waals surface area contributed by atoms with Crippen LogP contribution in [0, 0.1) is 11.8 Å². The number of hydrogen-bond donors (Lipinski definition) is 0. The Morgan fingerprint density at radius 1 is 1.21 bits per heavy atom. The highest BCUT2D eigenvalue weighted by Crippen LogP contribution is 2.28. The Morgan fingerprint density at radius 3 is 2.52 bits per heavy atom. The first kappa shape index (κ1) is 19.6. The molecule has 0 radical (unpaired) electrons. The lowest BCUT2D eigenvalue weighted by molar-refractivity contribution is -0.545. The number of benzene rings is 1. The van der Waals surface area contributed by atoms with E-state index in [1.54, 1.807) is 11.9 Å². The van der Waals surface area contributed by atoms with E-state index in [1.807, 2.05) is 13.8 Å². The number of likely N-dealkylation sites (N-methyl/N-ethyl adjacent to an activating group) is 1. The molecule has 1 saturated heterocycles. The molecule has 0 bridgehead atoms. The number of aryl methyl sites for hydroxylation is 1. The van der Waals surface area contributed by atoms with E-state index in [2.05, 4.69) is 47.6 Å². The van der Waals surface area contributed by atoms with Crippen LogP contribution in [0.5, 0.6) is 0 Å². The summed E-state index contributed by atoms with van der Waals surface area (Å²) in [5.41, 5.74) is 2.36. The number of amides is 3. The van der Waals surface area contributed by atoms with E-state index >= 15 is 0 Å². The molecule has 3 amide bonds. The molecule has 2 atom stereocenters. The largest absolute Gasteiger partial charge is 0.397 e. The Morgan fingerprint density at radius 2 is 1.90 bits per heavy atom. The molecule has 3 aliphatic rings. The molecule has 0 spiro atoms. The number of rotatable bonds is 4. The number of urea groups is 1. The van der Waals surface area contributed by atoms with Crippen molar-refractivity contribution < 1.29 is 14.2 Å². The Kier molecular flexibility index (Phi) is 4.92. The van der Waals surface area contributed by atoms with E-state index in [9.17, 15) is 9.59 Å². The van der Waals surface area contributed by atoms with Crippen LogP contribution in [0.4, 0.5) is 10.5 Å². The average Bonchev–Trinajstić information content (AvgIpc) is 3.08. The lowest BCUT2D eigenvalue weighted by atomic mass is 10.1. The van der Waals surface area contributed by atoms with Crippen LogP contribution in [-0.4, -0.2) is 70.8 Å². The number of carbonyl (C=O) groups is 2. The molecular formula is C22H30N5O2+. The number of fused-ring (bicyclic) bond motifs is 2. The Balaban J connectivity index is 1.75. The summed E-state index contributed by atoms with van der Waals surface area (Å²) in [6, 6.07) is 7.70. The van der Waals surface area contributed by atoms with Crippen LogP contribution in [0.25, 0.3) is 0 Å². The molecule has 0 aliphatic carbocycles. The number of carbonyl (C=O) groups excluding carboxylic acids is 2. The molecule has 0 N–H and O–H groups in total.